The molecule has 0 unspecified atom stereocenters. The summed E-state index contributed by atoms with van der Waals surface area (Å²) in [4.78, 5) is 19.9. The second kappa shape index (κ2) is 7.49. The second-order valence-electron chi connectivity index (χ2n) is 7.00. The van der Waals surface area contributed by atoms with Crippen LogP contribution in [0.5, 0.6) is 0 Å². The number of rotatable bonds is 6. The predicted molar refractivity (Wildman–Crippen MR) is 101 cm³/mol. The number of likely N-dealkylation sites (tertiary alicyclic amines) is 1. The molecule has 0 spiro atoms. The van der Waals surface area contributed by atoms with Crippen molar-refractivity contribution in [2.75, 3.05) is 20.2 Å². The van der Waals surface area contributed by atoms with Gasteiger partial charge in [-0.2, -0.15) is 9.61 Å². The summed E-state index contributed by atoms with van der Waals surface area (Å²) in [7, 11) is 1.74. The molecule has 1 aliphatic rings. The van der Waals surface area contributed by atoms with Gasteiger partial charge < -0.3 is 9.26 Å². The number of methoxy groups -OCH3 is 1. The summed E-state index contributed by atoms with van der Waals surface area (Å²) in [5.74, 6) is 1.21. The quantitative estimate of drug-likeness (QED) is 0.634. The SMILES string of the molecule is CCc1nn2c(=O)cc(CN3C[C@@H](Cc4cc(C)no4)[C@@H](OC)C3)nc2s1. The fourth-order valence-corrected chi connectivity index (χ4v) is 4.50. The highest BCUT2D eigenvalue weighted by molar-refractivity contribution is 7.16. The number of ether oxygens (including phenoxy) is 1. The second-order valence-corrected chi connectivity index (χ2v) is 8.04. The van der Waals surface area contributed by atoms with Gasteiger partial charge in [-0.05, 0) is 13.3 Å². The molecule has 8 nitrogen and oxygen atoms in total. The van der Waals surface area contributed by atoms with Crippen molar-refractivity contribution in [3.8, 4) is 0 Å². The average molecular weight is 389 g/mol. The van der Waals surface area contributed by atoms with Gasteiger partial charge in [0.2, 0.25) is 4.96 Å². The third-order valence-electron chi connectivity index (χ3n) is 4.93. The summed E-state index contributed by atoms with van der Waals surface area (Å²) in [5, 5.41) is 9.18. The van der Waals surface area contributed by atoms with Crippen LogP contribution >= 0.6 is 11.3 Å². The topological polar surface area (TPSA) is 85.8 Å². The summed E-state index contributed by atoms with van der Waals surface area (Å²) in [5.41, 5.74) is 1.54. The maximum Gasteiger partial charge on any atom is 0.275 e. The largest absolute Gasteiger partial charge is 0.380 e. The molecule has 0 aromatic carbocycles. The predicted octanol–water partition coefficient (Wildman–Crippen LogP) is 1.70. The first kappa shape index (κ1) is 18.3. The summed E-state index contributed by atoms with van der Waals surface area (Å²) >= 11 is 1.47. The number of aryl methyl sites for hydroxylation is 2. The van der Waals surface area contributed by atoms with E-state index in [1.54, 1.807) is 13.2 Å². The number of fused-ring (bicyclic) bond motifs is 1. The summed E-state index contributed by atoms with van der Waals surface area (Å²) in [6.45, 7) is 6.23. The maximum absolute atomic E-state index is 12.3. The van der Waals surface area contributed by atoms with E-state index in [1.807, 2.05) is 19.9 Å². The van der Waals surface area contributed by atoms with E-state index < -0.39 is 0 Å². The molecular weight excluding hydrogens is 366 g/mol. The number of hydrogen-bond donors (Lipinski definition) is 0. The van der Waals surface area contributed by atoms with Crippen molar-refractivity contribution in [3.63, 3.8) is 0 Å². The average Bonchev–Trinajstić information content (AvgIpc) is 3.34. The van der Waals surface area contributed by atoms with Crippen LogP contribution in [0.25, 0.3) is 4.96 Å². The molecule has 27 heavy (non-hydrogen) atoms. The van der Waals surface area contributed by atoms with Crippen molar-refractivity contribution >= 4 is 16.3 Å². The Hall–Kier alpha value is -2.10. The van der Waals surface area contributed by atoms with Crippen molar-refractivity contribution in [3.05, 3.63) is 44.6 Å². The first-order valence-electron chi connectivity index (χ1n) is 9.11. The molecule has 9 heteroatoms. The van der Waals surface area contributed by atoms with E-state index in [-0.39, 0.29) is 11.7 Å². The molecule has 1 fully saturated rings. The molecular formula is C18H23N5O3S. The normalized spacial score (nSPS) is 20.7. The maximum atomic E-state index is 12.3. The molecule has 1 aliphatic heterocycles. The number of nitrogens with zero attached hydrogens (tertiary/aromatic N) is 5. The smallest absolute Gasteiger partial charge is 0.275 e. The van der Waals surface area contributed by atoms with Crippen LogP contribution < -0.4 is 5.56 Å². The fourth-order valence-electron chi connectivity index (χ4n) is 3.64. The van der Waals surface area contributed by atoms with Crippen LogP contribution in [0.1, 0.15) is 29.1 Å². The van der Waals surface area contributed by atoms with Crippen molar-refractivity contribution in [2.45, 2.75) is 39.3 Å². The van der Waals surface area contributed by atoms with Gasteiger partial charge in [-0.25, -0.2) is 4.98 Å². The first-order chi connectivity index (χ1) is 13.1. The van der Waals surface area contributed by atoms with E-state index in [0.717, 1.165) is 48.1 Å². The minimum atomic E-state index is -0.123. The van der Waals surface area contributed by atoms with Crippen molar-refractivity contribution in [2.24, 2.45) is 5.92 Å². The van der Waals surface area contributed by atoms with Crippen molar-refractivity contribution in [1.29, 1.82) is 0 Å². The van der Waals surface area contributed by atoms with Gasteiger partial charge in [0, 0.05) is 51.2 Å². The Labute approximate surface area is 160 Å². The summed E-state index contributed by atoms with van der Waals surface area (Å²) in [6, 6.07) is 3.56. The molecule has 0 bridgehead atoms. The van der Waals surface area contributed by atoms with Crippen molar-refractivity contribution in [1.82, 2.24) is 24.7 Å². The first-order valence-corrected chi connectivity index (χ1v) is 9.93. The Morgan fingerprint density at radius 3 is 2.93 bits per heavy atom. The fraction of sp³-hybridized carbons (Fsp3) is 0.556. The highest BCUT2D eigenvalue weighted by atomic mass is 32.1. The van der Waals surface area contributed by atoms with Crippen LogP contribution in [-0.2, 0) is 24.1 Å². The van der Waals surface area contributed by atoms with Crippen LogP contribution in [0, 0.1) is 12.8 Å². The third-order valence-corrected chi connectivity index (χ3v) is 5.98. The molecule has 3 aromatic rings. The molecule has 4 rings (SSSR count). The molecule has 3 aromatic heterocycles. The van der Waals surface area contributed by atoms with E-state index >= 15 is 0 Å². The Morgan fingerprint density at radius 1 is 1.37 bits per heavy atom. The van der Waals surface area contributed by atoms with E-state index in [0.29, 0.717) is 17.4 Å². The summed E-state index contributed by atoms with van der Waals surface area (Å²) in [6.07, 6.45) is 1.71. The molecule has 0 saturated carbocycles. The van der Waals surface area contributed by atoms with Crippen molar-refractivity contribution < 1.29 is 9.26 Å². The van der Waals surface area contributed by atoms with Crippen LogP contribution in [0.4, 0.5) is 0 Å². The van der Waals surface area contributed by atoms with Gasteiger partial charge in [0.05, 0.1) is 17.5 Å². The third kappa shape index (κ3) is 3.80. The zero-order valence-corrected chi connectivity index (χ0v) is 16.5. The van der Waals surface area contributed by atoms with Gasteiger partial charge in [-0.1, -0.05) is 23.4 Å². The van der Waals surface area contributed by atoms with Gasteiger partial charge >= 0.3 is 0 Å². The standard InChI is InChI=1S/C18H23N5O3S/c1-4-16-20-23-17(24)7-13(19-18(23)27-16)9-22-8-12(15(10-22)25-3)6-14-5-11(2)21-26-14/h5,7,12,15H,4,6,8-10H2,1-3H3/t12-,15+/m1/s1. The Balaban J connectivity index is 1.49. The molecule has 0 N–H and O–H groups in total. The molecule has 2 atom stereocenters. The number of aromatic nitrogens is 4. The van der Waals surface area contributed by atoms with Gasteiger partial charge in [-0.15, -0.1) is 0 Å². The van der Waals surface area contributed by atoms with E-state index in [2.05, 4.69) is 20.1 Å². The summed E-state index contributed by atoms with van der Waals surface area (Å²) < 4.78 is 12.4. The lowest BCUT2D eigenvalue weighted by atomic mass is 10.0. The number of hydrogen-bond acceptors (Lipinski definition) is 8. The van der Waals surface area contributed by atoms with E-state index in [1.165, 1.54) is 15.9 Å². The lowest BCUT2D eigenvalue weighted by molar-refractivity contribution is 0.0761. The van der Waals surface area contributed by atoms with Gasteiger partial charge in [0.25, 0.3) is 5.56 Å². The monoisotopic (exact) mass is 389 g/mol. The molecule has 0 radical (unpaired) electrons. The van der Waals surface area contributed by atoms with Gasteiger partial charge in [-0.3, -0.25) is 9.69 Å². The van der Waals surface area contributed by atoms with Gasteiger partial charge in [0.15, 0.2) is 0 Å². The Bertz CT molecular complexity index is 994. The van der Waals surface area contributed by atoms with Crippen LogP contribution in [0.3, 0.4) is 0 Å². The van der Waals surface area contributed by atoms with Gasteiger partial charge in [0.1, 0.15) is 10.8 Å². The zero-order chi connectivity index (χ0) is 19.0. The van der Waals surface area contributed by atoms with Crippen LogP contribution in [0.15, 0.2) is 21.5 Å². The highest BCUT2D eigenvalue weighted by Gasteiger charge is 2.34. The minimum absolute atomic E-state index is 0.121. The molecule has 0 aliphatic carbocycles. The van der Waals surface area contributed by atoms with Crippen LogP contribution in [0.2, 0.25) is 0 Å². The van der Waals surface area contributed by atoms with E-state index in [9.17, 15) is 4.79 Å². The van der Waals surface area contributed by atoms with E-state index in [4.69, 9.17) is 9.26 Å². The Kier molecular flexibility index (Phi) is 5.07. The zero-order valence-electron chi connectivity index (χ0n) is 15.7. The molecule has 0 amide bonds. The minimum Gasteiger partial charge on any atom is -0.380 e. The molecule has 144 valence electrons. The molecule has 4 heterocycles. The Morgan fingerprint density at radius 2 is 2.22 bits per heavy atom. The van der Waals surface area contributed by atoms with Crippen LogP contribution in [-0.4, -0.2) is 51.0 Å². The highest BCUT2D eigenvalue weighted by Crippen LogP contribution is 2.25. The lowest BCUT2D eigenvalue weighted by Crippen LogP contribution is -2.25. The lowest BCUT2D eigenvalue weighted by Gasteiger charge is -2.14. The molecule has 1 saturated heterocycles.